The van der Waals surface area contributed by atoms with Crippen molar-refractivity contribution in [1.82, 2.24) is 9.97 Å². The second-order valence-electron chi connectivity index (χ2n) is 5.37. The zero-order valence-corrected chi connectivity index (χ0v) is 12.2. The minimum atomic E-state index is -0.237. The maximum atomic E-state index is 9.71. The van der Waals surface area contributed by atoms with Crippen LogP contribution in [0.1, 0.15) is 51.3 Å². The van der Waals surface area contributed by atoms with Gasteiger partial charge in [0.2, 0.25) is 0 Å². The van der Waals surface area contributed by atoms with Gasteiger partial charge in [0, 0.05) is 12.5 Å². The molecule has 106 valence electrons. The molecule has 1 aliphatic carbocycles. The first-order chi connectivity index (χ1) is 9.17. The number of nitrogens with zero attached hydrogens (tertiary/aromatic N) is 2. The number of halogens is 1. The number of aliphatic hydroxyl groups is 1. The fourth-order valence-electron chi connectivity index (χ4n) is 2.69. The van der Waals surface area contributed by atoms with Crippen LogP contribution in [0, 0.1) is 0 Å². The second kappa shape index (κ2) is 6.53. The molecule has 0 atom stereocenters. The van der Waals surface area contributed by atoms with Crippen LogP contribution in [0.5, 0.6) is 0 Å². The van der Waals surface area contributed by atoms with E-state index in [0.29, 0.717) is 5.15 Å². The number of rotatable bonds is 5. The van der Waals surface area contributed by atoms with E-state index in [4.69, 9.17) is 11.6 Å². The second-order valence-corrected chi connectivity index (χ2v) is 5.75. The van der Waals surface area contributed by atoms with Gasteiger partial charge in [-0.05, 0) is 19.3 Å². The third kappa shape index (κ3) is 3.80. The van der Waals surface area contributed by atoms with Crippen molar-refractivity contribution in [2.24, 2.45) is 0 Å². The Morgan fingerprint density at radius 3 is 2.68 bits per heavy atom. The zero-order valence-electron chi connectivity index (χ0n) is 11.5. The Labute approximate surface area is 119 Å². The molecule has 1 fully saturated rings. The summed E-state index contributed by atoms with van der Waals surface area (Å²) in [7, 11) is 0. The van der Waals surface area contributed by atoms with E-state index in [1.165, 1.54) is 6.42 Å². The van der Waals surface area contributed by atoms with Crippen LogP contribution in [0.2, 0.25) is 5.15 Å². The van der Waals surface area contributed by atoms with Gasteiger partial charge in [-0.2, -0.15) is 0 Å². The molecule has 1 aromatic heterocycles. The van der Waals surface area contributed by atoms with Crippen molar-refractivity contribution in [2.45, 2.75) is 57.4 Å². The Morgan fingerprint density at radius 1 is 1.32 bits per heavy atom. The van der Waals surface area contributed by atoms with Crippen molar-refractivity contribution < 1.29 is 5.11 Å². The van der Waals surface area contributed by atoms with Crippen molar-refractivity contribution in [2.75, 3.05) is 11.9 Å². The topological polar surface area (TPSA) is 58.0 Å². The van der Waals surface area contributed by atoms with Crippen molar-refractivity contribution >= 4 is 17.4 Å². The highest BCUT2D eigenvalue weighted by molar-refractivity contribution is 6.29. The molecule has 19 heavy (non-hydrogen) atoms. The van der Waals surface area contributed by atoms with E-state index in [-0.39, 0.29) is 12.1 Å². The summed E-state index contributed by atoms with van der Waals surface area (Å²) in [5, 5.41) is 13.6. The molecule has 1 heterocycles. The van der Waals surface area contributed by atoms with Gasteiger partial charge in [-0.3, -0.25) is 0 Å². The van der Waals surface area contributed by atoms with Gasteiger partial charge in [-0.25, -0.2) is 9.97 Å². The van der Waals surface area contributed by atoms with Gasteiger partial charge in [-0.1, -0.05) is 37.8 Å². The van der Waals surface area contributed by atoms with E-state index < -0.39 is 0 Å². The minimum Gasteiger partial charge on any atom is -0.394 e. The number of hydrogen-bond donors (Lipinski definition) is 2. The third-order valence-electron chi connectivity index (χ3n) is 3.72. The highest BCUT2D eigenvalue weighted by Crippen LogP contribution is 2.31. The summed E-state index contributed by atoms with van der Waals surface area (Å²) in [6.07, 6.45) is 7.31. The lowest BCUT2D eigenvalue weighted by molar-refractivity contribution is 0.172. The van der Waals surface area contributed by atoms with Crippen molar-refractivity contribution in [3.8, 4) is 0 Å². The van der Waals surface area contributed by atoms with Gasteiger partial charge < -0.3 is 10.4 Å². The Kier molecular flexibility index (Phi) is 4.99. The van der Waals surface area contributed by atoms with E-state index in [0.717, 1.165) is 50.2 Å². The average Bonchev–Trinajstić information content (AvgIpc) is 2.39. The first-order valence-corrected chi connectivity index (χ1v) is 7.48. The molecule has 0 unspecified atom stereocenters. The maximum Gasteiger partial charge on any atom is 0.134 e. The Hall–Kier alpha value is -0.870. The predicted molar refractivity (Wildman–Crippen MR) is 77.6 cm³/mol. The number of aryl methyl sites for hydroxylation is 1. The van der Waals surface area contributed by atoms with Crippen LogP contribution in [-0.4, -0.2) is 27.2 Å². The van der Waals surface area contributed by atoms with Gasteiger partial charge in [-0.15, -0.1) is 0 Å². The molecular formula is C14H22ClN3O. The highest BCUT2D eigenvalue weighted by atomic mass is 35.5. The van der Waals surface area contributed by atoms with Crippen molar-refractivity contribution in [1.29, 1.82) is 0 Å². The van der Waals surface area contributed by atoms with Gasteiger partial charge in [0.1, 0.15) is 16.8 Å². The van der Waals surface area contributed by atoms with E-state index in [1.54, 1.807) is 6.07 Å². The SMILES string of the molecule is CCCc1nc(Cl)cc(NC2(CO)CCCCC2)n1. The third-order valence-corrected chi connectivity index (χ3v) is 3.91. The quantitative estimate of drug-likeness (QED) is 0.815. The van der Waals surface area contributed by atoms with Crippen LogP contribution in [0.3, 0.4) is 0 Å². The molecular weight excluding hydrogens is 262 g/mol. The number of hydrogen-bond acceptors (Lipinski definition) is 4. The first kappa shape index (κ1) is 14.5. The highest BCUT2D eigenvalue weighted by Gasteiger charge is 2.31. The summed E-state index contributed by atoms with van der Waals surface area (Å²) in [5.41, 5.74) is -0.237. The molecule has 5 heteroatoms. The van der Waals surface area contributed by atoms with Crippen molar-refractivity contribution in [3.63, 3.8) is 0 Å². The van der Waals surface area contributed by atoms with Gasteiger partial charge in [0.05, 0.1) is 12.1 Å². The molecule has 0 bridgehead atoms. The van der Waals surface area contributed by atoms with Crippen LogP contribution in [0.25, 0.3) is 0 Å². The standard InChI is InChI=1S/C14H22ClN3O/c1-2-6-12-16-11(15)9-13(17-12)18-14(10-19)7-4-3-5-8-14/h9,19H,2-8,10H2,1H3,(H,16,17,18). The predicted octanol–water partition coefficient (Wildman–Crippen LogP) is 3.19. The Morgan fingerprint density at radius 2 is 2.05 bits per heavy atom. The van der Waals surface area contributed by atoms with E-state index in [1.807, 2.05) is 0 Å². The summed E-state index contributed by atoms with van der Waals surface area (Å²) >= 11 is 6.04. The van der Waals surface area contributed by atoms with Gasteiger partial charge in [0.25, 0.3) is 0 Å². The lowest BCUT2D eigenvalue weighted by Crippen LogP contribution is -2.44. The summed E-state index contributed by atoms with van der Waals surface area (Å²) in [6.45, 7) is 2.23. The van der Waals surface area contributed by atoms with E-state index >= 15 is 0 Å². The van der Waals surface area contributed by atoms with Crippen molar-refractivity contribution in [3.05, 3.63) is 17.0 Å². The molecule has 0 spiro atoms. The number of aliphatic hydroxyl groups excluding tert-OH is 1. The number of aromatic nitrogens is 2. The van der Waals surface area contributed by atoms with Crippen LogP contribution in [0.15, 0.2) is 6.07 Å². The molecule has 0 amide bonds. The summed E-state index contributed by atoms with van der Waals surface area (Å²) < 4.78 is 0. The minimum absolute atomic E-state index is 0.137. The summed E-state index contributed by atoms with van der Waals surface area (Å²) in [4.78, 5) is 8.71. The van der Waals surface area contributed by atoms with Crippen LogP contribution in [0.4, 0.5) is 5.82 Å². The molecule has 1 saturated carbocycles. The van der Waals surface area contributed by atoms with E-state index in [9.17, 15) is 5.11 Å². The zero-order chi connectivity index (χ0) is 13.7. The number of nitrogens with one attached hydrogen (secondary N) is 1. The lowest BCUT2D eigenvalue weighted by Gasteiger charge is -2.37. The van der Waals surface area contributed by atoms with Crippen LogP contribution < -0.4 is 5.32 Å². The lowest BCUT2D eigenvalue weighted by atomic mass is 9.82. The largest absolute Gasteiger partial charge is 0.394 e. The van der Waals surface area contributed by atoms with Crippen LogP contribution in [-0.2, 0) is 6.42 Å². The molecule has 4 nitrogen and oxygen atoms in total. The van der Waals surface area contributed by atoms with Crippen LogP contribution >= 0.6 is 11.6 Å². The first-order valence-electron chi connectivity index (χ1n) is 7.10. The average molecular weight is 284 g/mol. The Balaban J connectivity index is 2.16. The fourth-order valence-corrected chi connectivity index (χ4v) is 2.89. The summed E-state index contributed by atoms with van der Waals surface area (Å²) in [5.74, 6) is 1.50. The maximum absolute atomic E-state index is 9.71. The molecule has 0 aromatic carbocycles. The summed E-state index contributed by atoms with van der Waals surface area (Å²) in [6, 6.07) is 1.74. The molecule has 0 saturated heterocycles. The molecule has 1 aromatic rings. The number of anilines is 1. The smallest absolute Gasteiger partial charge is 0.134 e. The monoisotopic (exact) mass is 283 g/mol. The van der Waals surface area contributed by atoms with E-state index in [2.05, 4.69) is 22.2 Å². The van der Waals surface area contributed by atoms with Gasteiger partial charge >= 0.3 is 0 Å². The molecule has 1 aliphatic rings. The normalized spacial score (nSPS) is 18.3. The molecule has 0 aliphatic heterocycles. The van der Waals surface area contributed by atoms with Gasteiger partial charge in [0.15, 0.2) is 0 Å². The molecule has 2 N–H and O–H groups in total. The fraction of sp³-hybridized carbons (Fsp3) is 0.714. The molecule has 0 radical (unpaired) electrons. The Bertz CT molecular complexity index is 419. The molecule has 2 rings (SSSR count).